The molecule has 0 saturated carbocycles. The maximum atomic E-state index is 12.1. The van der Waals surface area contributed by atoms with Gasteiger partial charge in [0.15, 0.2) is 5.82 Å². The zero-order valence-electron chi connectivity index (χ0n) is 14.3. The van der Waals surface area contributed by atoms with Crippen LogP contribution >= 0.6 is 0 Å². The Balaban J connectivity index is 2.19. The van der Waals surface area contributed by atoms with Crippen LogP contribution in [-0.4, -0.2) is 45.5 Å². The van der Waals surface area contributed by atoms with Crippen molar-refractivity contribution in [3.05, 3.63) is 41.1 Å². The average Bonchev–Trinajstić information content (AvgIpc) is 2.77. The number of aliphatic hydroxyl groups excluding tert-OH is 1. The van der Waals surface area contributed by atoms with Crippen molar-refractivity contribution in [2.45, 2.75) is 33.8 Å². The third kappa shape index (κ3) is 4.32. The summed E-state index contributed by atoms with van der Waals surface area (Å²) >= 11 is 0. The van der Waals surface area contributed by atoms with Crippen LogP contribution in [0.4, 0.5) is 10.6 Å². The molecule has 1 heterocycles. The fourth-order valence-corrected chi connectivity index (χ4v) is 2.55. The SMILES string of the molecule is Cc1cc(C)cc(-n2nc(NC(=O)N(C)CC(C)O)cc2C)c1. The Hall–Kier alpha value is -2.34. The highest BCUT2D eigenvalue weighted by molar-refractivity contribution is 5.88. The van der Waals surface area contributed by atoms with Crippen molar-refractivity contribution in [3.8, 4) is 5.69 Å². The number of hydrogen-bond donors (Lipinski definition) is 2. The van der Waals surface area contributed by atoms with E-state index in [1.165, 1.54) is 4.90 Å². The highest BCUT2D eigenvalue weighted by Crippen LogP contribution is 2.18. The lowest BCUT2D eigenvalue weighted by atomic mass is 10.1. The number of carbonyl (C=O) groups excluding carboxylic acids is 1. The molecule has 0 bridgehead atoms. The average molecular weight is 316 g/mol. The molecule has 0 radical (unpaired) electrons. The molecule has 2 rings (SSSR count). The van der Waals surface area contributed by atoms with Gasteiger partial charge in [-0.2, -0.15) is 0 Å². The van der Waals surface area contributed by atoms with Gasteiger partial charge in [0.1, 0.15) is 0 Å². The molecular weight excluding hydrogens is 292 g/mol. The van der Waals surface area contributed by atoms with Gasteiger partial charge in [0, 0.05) is 25.4 Å². The summed E-state index contributed by atoms with van der Waals surface area (Å²) in [4.78, 5) is 13.5. The van der Waals surface area contributed by atoms with Gasteiger partial charge >= 0.3 is 6.03 Å². The van der Waals surface area contributed by atoms with Crippen molar-refractivity contribution >= 4 is 11.8 Å². The van der Waals surface area contributed by atoms with Gasteiger partial charge in [-0.05, 0) is 51.0 Å². The second-order valence-electron chi connectivity index (χ2n) is 6.09. The largest absolute Gasteiger partial charge is 0.392 e. The van der Waals surface area contributed by atoms with Gasteiger partial charge < -0.3 is 10.0 Å². The van der Waals surface area contributed by atoms with Crippen LogP contribution in [0.15, 0.2) is 24.3 Å². The van der Waals surface area contributed by atoms with E-state index in [0.717, 1.165) is 22.5 Å². The third-order valence-electron chi connectivity index (χ3n) is 3.46. The van der Waals surface area contributed by atoms with E-state index in [0.29, 0.717) is 5.82 Å². The lowest BCUT2D eigenvalue weighted by molar-refractivity contribution is 0.149. The fourth-order valence-electron chi connectivity index (χ4n) is 2.55. The summed E-state index contributed by atoms with van der Waals surface area (Å²) in [7, 11) is 1.63. The Kier molecular flexibility index (Phi) is 5.05. The van der Waals surface area contributed by atoms with Crippen molar-refractivity contribution in [2.24, 2.45) is 0 Å². The maximum absolute atomic E-state index is 12.1. The molecule has 2 N–H and O–H groups in total. The number of likely N-dealkylation sites (N-methyl/N-ethyl adjacent to an activating group) is 1. The summed E-state index contributed by atoms with van der Waals surface area (Å²) in [5.74, 6) is 0.490. The van der Waals surface area contributed by atoms with Gasteiger partial charge in [-0.15, -0.1) is 5.10 Å². The number of urea groups is 1. The smallest absolute Gasteiger partial charge is 0.322 e. The van der Waals surface area contributed by atoms with E-state index in [-0.39, 0.29) is 12.6 Å². The molecule has 2 amide bonds. The van der Waals surface area contributed by atoms with E-state index < -0.39 is 6.10 Å². The summed E-state index contributed by atoms with van der Waals surface area (Å²) in [5.41, 5.74) is 4.23. The number of aryl methyl sites for hydroxylation is 3. The number of hydrogen-bond acceptors (Lipinski definition) is 3. The molecule has 0 aliphatic carbocycles. The summed E-state index contributed by atoms with van der Waals surface area (Å²) in [6, 6.07) is 7.74. The Morgan fingerprint density at radius 1 is 1.26 bits per heavy atom. The number of nitrogens with zero attached hydrogens (tertiary/aromatic N) is 3. The van der Waals surface area contributed by atoms with Gasteiger partial charge in [-0.1, -0.05) is 6.07 Å². The van der Waals surface area contributed by atoms with Crippen molar-refractivity contribution in [3.63, 3.8) is 0 Å². The van der Waals surface area contributed by atoms with Crippen molar-refractivity contribution < 1.29 is 9.90 Å². The Morgan fingerprint density at radius 3 is 2.43 bits per heavy atom. The normalized spacial score (nSPS) is 12.1. The number of carbonyl (C=O) groups is 1. The quantitative estimate of drug-likeness (QED) is 0.911. The fraction of sp³-hybridized carbons (Fsp3) is 0.412. The topological polar surface area (TPSA) is 70.4 Å². The second-order valence-corrected chi connectivity index (χ2v) is 6.09. The van der Waals surface area contributed by atoms with Crippen LogP contribution in [0.1, 0.15) is 23.7 Å². The molecule has 1 unspecified atom stereocenters. The number of anilines is 1. The molecule has 0 saturated heterocycles. The van der Waals surface area contributed by atoms with E-state index in [4.69, 9.17) is 0 Å². The molecule has 23 heavy (non-hydrogen) atoms. The second kappa shape index (κ2) is 6.83. The number of nitrogens with one attached hydrogen (secondary N) is 1. The standard InChI is InChI=1S/C17H24N4O2/c1-11-6-12(2)8-15(7-11)21-13(3)9-16(19-21)18-17(23)20(5)10-14(4)22/h6-9,14,22H,10H2,1-5H3,(H,18,19,23). The molecule has 0 aliphatic heterocycles. The molecule has 0 fully saturated rings. The molecule has 124 valence electrons. The van der Waals surface area contributed by atoms with Crippen LogP contribution in [0.2, 0.25) is 0 Å². The van der Waals surface area contributed by atoms with E-state index in [9.17, 15) is 9.90 Å². The monoisotopic (exact) mass is 316 g/mol. The number of aromatic nitrogens is 2. The van der Waals surface area contributed by atoms with Crippen LogP contribution in [0.25, 0.3) is 5.69 Å². The van der Waals surface area contributed by atoms with Gasteiger partial charge in [0.2, 0.25) is 0 Å². The van der Waals surface area contributed by atoms with Gasteiger partial charge in [0.05, 0.1) is 11.8 Å². The molecule has 0 spiro atoms. The Bertz CT molecular complexity index is 686. The Labute approximate surface area is 136 Å². The minimum absolute atomic E-state index is 0.266. The molecule has 6 heteroatoms. The Morgan fingerprint density at radius 2 is 1.87 bits per heavy atom. The molecule has 1 atom stereocenters. The van der Waals surface area contributed by atoms with Crippen LogP contribution in [0.5, 0.6) is 0 Å². The lowest BCUT2D eigenvalue weighted by Gasteiger charge is -2.18. The highest BCUT2D eigenvalue weighted by Gasteiger charge is 2.14. The summed E-state index contributed by atoms with van der Waals surface area (Å²) in [6.45, 7) is 7.94. The number of benzene rings is 1. The molecule has 1 aromatic carbocycles. The predicted octanol–water partition coefficient (Wildman–Crippen LogP) is 2.64. The predicted molar refractivity (Wildman–Crippen MR) is 91.1 cm³/mol. The van der Waals surface area contributed by atoms with Crippen LogP contribution in [0.3, 0.4) is 0 Å². The third-order valence-corrected chi connectivity index (χ3v) is 3.46. The molecular formula is C17H24N4O2. The molecule has 2 aromatic rings. The van der Waals surface area contributed by atoms with Gasteiger partial charge in [0.25, 0.3) is 0 Å². The van der Waals surface area contributed by atoms with Crippen LogP contribution in [-0.2, 0) is 0 Å². The number of rotatable bonds is 4. The van der Waals surface area contributed by atoms with Crippen LogP contribution < -0.4 is 5.32 Å². The molecule has 1 aromatic heterocycles. The summed E-state index contributed by atoms with van der Waals surface area (Å²) in [5, 5.41) is 16.6. The van der Waals surface area contributed by atoms with E-state index in [2.05, 4.69) is 28.6 Å². The zero-order valence-corrected chi connectivity index (χ0v) is 14.3. The van der Waals surface area contributed by atoms with E-state index >= 15 is 0 Å². The van der Waals surface area contributed by atoms with Crippen molar-refractivity contribution in [1.82, 2.24) is 14.7 Å². The highest BCUT2D eigenvalue weighted by atomic mass is 16.3. The van der Waals surface area contributed by atoms with E-state index in [1.54, 1.807) is 14.0 Å². The first kappa shape index (κ1) is 17.0. The molecule has 6 nitrogen and oxygen atoms in total. The maximum Gasteiger partial charge on any atom is 0.322 e. The van der Waals surface area contributed by atoms with Crippen molar-refractivity contribution in [1.29, 1.82) is 0 Å². The number of aliphatic hydroxyl groups is 1. The minimum atomic E-state index is -0.569. The first-order valence-electron chi connectivity index (χ1n) is 7.62. The zero-order chi connectivity index (χ0) is 17.1. The van der Waals surface area contributed by atoms with E-state index in [1.807, 2.05) is 31.5 Å². The first-order chi connectivity index (χ1) is 10.8. The minimum Gasteiger partial charge on any atom is -0.392 e. The number of amides is 2. The van der Waals surface area contributed by atoms with Gasteiger partial charge in [-0.3, -0.25) is 5.32 Å². The summed E-state index contributed by atoms with van der Waals surface area (Å²) < 4.78 is 1.81. The first-order valence-corrected chi connectivity index (χ1v) is 7.62. The summed E-state index contributed by atoms with van der Waals surface area (Å²) in [6.07, 6.45) is -0.569. The van der Waals surface area contributed by atoms with Crippen molar-refractivity contribution in [2.75, 3.05) is 18.9 Å². The van der Waals surface area contributed by atoms with Crippen LogP contribution in [0, 0.1) is 20.8 Å². The molecule has 0 aliphatic rings. The van der Waals surface area contributed by atoms with Gasteiger partial charge in [-0.25, -0.2) is 9.48 Å². The lowest BCUT2D eigenvalue weighted by Crippen LogP contribution is -2.36.